The highest BCUT2D eigenvalue weighted by molar-refractivity contribution is 6.31. The number of hydrogen-bond donors (Lipinski definition) is 1. The van der Waals surface area contributed by atoms with Crippen molar-refractivity contribution in [1.82, 2.24) is 0 Å². The lowest BCUT2D eigenvalue weighted by Crippen LogP contribution is -2.28. The van der Waals surface area contributed by atoms with E-state index in [1.807, 2.05) is 30.3 Å². The van der Waals surface area contributed by atoms with Crippen molar-refractivity contribution < 1.29 is 4.79 Å². The van der Waals surface area contributed by atoms with E-state index in [0.717, 1.165) is 18.4 Å². The van der Waals surface area contributed by atoms with Gasteiger partial charge in [0, 0.05) is 5.02 Å². The van der Waals surface area contributed by atoms with Crippen LogP contribution in [0.15, 0.2) is 48.5 Å². The highest BCUT2D eigenvalue weighted by atomic mass is 35.5. The van der Waals surface area contributed by atoms with E-state index >= 15 is 0 Å². The molecule has 21 heavy (non-hydrogen) atoms. The normalized spacial score (nSPS) is 15.0. The quantitative estimate of drug-likeness (QED) is 0.934. The van der Waals surface area contributed by atoms with Gasteiger partial charge in [-0.25, -0.2) is 0 Å². The number of nitriles is 1. The summed E-state index contributed by atoms with van der Waals surface area (Å²) in [5, 5.41) is 12.5. The molecule has 3 nitrogen and oxygen atoms in total. The zero-order valence-electron chi connectivity index (χ0n) is 11.3. The van der Waals surface area contributed by atoms with E-state index in [-0.39, 0.29) is 5.91 Å². The van der Waals surface area contributed by atoms with E-state index in [1.54, 1.807) is 18.2 Å². The first-order valence-electron chi connectivity index (χ1n) is 6.72. The van der Waals surface area contributed by atoms with Crippen LogP contribution in [-0.4, -0.2) is 5.91 Å². The van der Waals surface area contributed by atoms with E-state index in [4.69, 9.17) is 16.9 Å². The minimum Gasteiger partial charge on any atom is -0.324 e. The fourth-order valence-electron chi connectivity index (χ4n) is 2.49. The fraction of sp³-hybridized carbons (Fsp3) is 0.176. The summed E-state index contributed by atoms with van der Waals surface area (Å²) in [5.41, 5.74) is 1.44. The van der Waals surface area contributed by atoms with E-state index in [2.05, 4.69) is 11.4 Å². The minimum absolute atomic E-state index is 0.0764. The van der Waals surface area contributed by atoms with Crippen molar-refractivity contribution in [2.24, 2.45) is 0 Å². The van der Waals surface area contributed by atoms with Crippen molar-refractivity contribution in [1.29, 1.82) is 5.26 Å². The Hall–Kier alpha value is -2.31. The predicted molar refractivity (Wildman–Crippen MR) is 82.2 cm³/mol. The van der Waals surface area contributed by atoms with Gasteiger partial charge in [0.15, 0.2) is 0 Å². The molecule has 1 amide bonds. The van der Waals surface area contributed by atoms with Crippen LogP contribution in [0, 0.1) is 11.3 Å². The average molecular weight is 297 g/mol. The van der Waals surface area contributed by atoms with Gasteiger partial charge in [0.25, 0.3) is 0 Å². The van der Waals surface area contributed by atoms with Crippen LogP contribution in [0.4, 0.5) is 5.69 Å². The molecule has 0 spiro atoms. The molecule has 0 unspecified atom stereocenters. The number of carbonyl (C=O) groups excluding carboxylic acids is 1. The van der Waals surface area contributed by atoms with Crippen LogP contribution in [0.3, 0.4) is 0 Å². The summed E-state index contributed by atoms with van der Waals surface area (Å²) in [7, 11) is 0. The van der Waals surface area contributed by atoms with E-state index in [1.165, 1.54) is 0 Å². The molecule has 3 rings (SSSR count). The van der Waals surface area contributed by atoms with E-state index < -0.39 is 5.41 Å². The third kappa shape index (κ3) is 2.51. The van der Waals surface area contributed by atoms with Gasteiger partial charge in [-0.3, -0.25) is 4.79 Å². The number of nitrogens with one attached hydrogen (secondary N) is 1. The van der Waals surface area contributed by atoms with Crippen LogP contribution in [0.25, 0.3) is 0 Å². The highest BCUT2D eigenvalue weighted by Gasteiger charge is 2.51. The second-order valence-corrected chi connectivity index (χ2v) is 5.64. The Morgan fingerprint density at radius 3 is 2.52 bits per heavy atom. The standard InChI is InChI=1S/C17H13ClN2O/c18-14-7-6-12(11-19)15(10-14)20-16(21)17(8-9-17)13-4-2-1-3-5-13/h1-7,10H,8-9H2,(H,20,21). The number of benzene rings is 2. The Morgan fingerprint density at radius 1 is 1.19 bits per heavy atom. The van der Waals surface area contributed by atoms with Gasteiger partial charge < -0.3 is 5.32 Å². The minimum atomic E-state index is -0.462. The summed E-state index contributed by atoms with van der Waals surface area (Å²) in [6.07, 6.45) is 1.65. The van der Waals surface area contributed by atoms with Crippen molar-refractivity contribution in [3.8, 4) is 6.07 Å². The second kappa shape index (κ2) is 5.23. The molecule has 1 aliphatic carbocycles. The van der Waals surface area contributed by atoms with Crippen molar-refractivity contribution in [3.63, 3.8) is 0 Å². The molecule has 1 N–H and O–H groups in total. The van der Waals surface area contributed by atoms with Crippen LogP contribution in [0.2, 0.25) is 5.02 Å². The highest BCUT2D eigenvalue weighted by Crippen LogP contribution is 2.49. The molecule has 0 bridgehead atoms. The molecule has 1 aliphatic rings. The monoisotopic (exact) mass is 296 g/mol. The number of carbonyl (C=O) groups is 1. The lowest BCUT2D eigenvalue weighted by Gasteiger charge is -2.16. The summed E-state index contributed by atoms with van der Waals surface area (Å²) in [4.78, 5) is 12.6. The Bertz CT molecular complexity index is 730. The first-order valence-corrected chi connectivity index (χ1v) is 7.10. The third-order valence-corrected chi connectivity index (χ3v) is 4.10. The number of halogens is 1. The maximum Gasteiger partial charge on any atom is 0.235 e. The summed E-state index contributed by atoms with van der Waals surface area (Å²) in [6.45, 7) is 0. The SMILES string of the molecule is N#Cc1ccc(Cl)cc1NC(=O)C1(c2ccccc2)CC1. The van der Waals surface area contributed by atoms with Crippen LogP contribution >= 0.6 is 11.6 Å². The molecule has 0 aliphatic heterocycles. The maximum atomic E-state index is 12.6. The summed E-state index contributed by atoms with van der Waals surface area (Å²) < 4.78 is 0. The van der Waals surface area contributed by atoms with Gasteiger partial charge in [-0.2, -0.15) is 5.26 Å². The van der Waals surface area contributed by atoms with Crippen molar-refractivity contribution >= 4 is 23.2 Å². The van der Waals surface area contributed by atoms with Gasteiger partial charge in [0.2, 0.25) is 5.91 Å². The Kier molecular flexibility index (Phi) is 3.40. The van der Waals surface area contributed by atoms with Gasteiger partial charge >= 0.3 is 0 Å². The van der Waals surface area contributed by atoms with Crippen molar-refractivity contribution in [3.05, 3.63) is 64.7 Å². The molecular formula is C17H13ClN2O. The first-order chi connectivity index (χ1) is 10.2. The zero-order chi connectivity index (χ0) is 14.9. The number of hydrogen-bond acceptors (Lipinski definition) is 2. The summed E-state index contributed by atoms with van der Waals surface area (Å²) in [6, 6.07) is 16.7. The molecule has 4 heteroatoms. The van der Waals surface area contributed by atoms with Gasteiger partial charge in [-0.1, -0.05) is 41.9 Å². The maximum absolute atomic E-state index is 12.6. The average Bonchev–Trinajstić information content (AvgIpc) is 3.30. The molecule has 0 atom stereocenters. The van der Waals surface area contributed by atoms with Gasteiger partial charge in [0.05, 0.1) is 16.7 Å². The molecule has 0 radical (unpaired) electrons. The number of nitrogens with zero attached hydrogens (tertiary/aromatic N) is 1. The molecule has 0 saturated heterocycles. The summed E-state index contributed by atoms with van der Waals surface area (Å²) in [5.74, 6) is -0.0764. The largest absolute Gasteiger partial charge is 0.324 e. The molecule has 2 aromatic carbocycles. The van der Waals surface area contributed by atoms with Crippen LogP contribution in [0.1, 0.15) is 24.0 Å². The number of rotatable bonds is 3. The third-order valence-electron chi connectivity index (χ3n) is 3.86. The lowest BCUT2D eigenvalue weighted by molar-refractivity contribution is -0.118. The van der Waals surface area contributed by atoms with Gasteiger partial charge in [0.1, 0.15) is 6.07 Å². The number of anilines is 1. The van der Waals surface area contributed by atoms with E-state index in [9.17, 15) is 4.79 Å². The smallest absolute Gasteiger partial charge is 0.235 e. The Labute approximate surface area is 128 Å². The first kappa shape index (κ1) is 13.7. The Morgan fingerprint density at radius 2 is 1.90 bits per heavy atom. The van der Waals surface area contributed by atoms with Crippen LogP contribution < -0.4 is 5.32 Å². The zero-order valence-corrected chi connectivity index (χ0v) is 12.0. The van der Waals surface area contributed by atoms with Crippen molar-refractivity contribution in [2.45, 2.75) is 18.3 Å². The lowest BCUT2D eigenvalue weighted by atomic mass is 9.95. The molecule has 0 heterocycles. The Balaban J connectivity index is 1.88. The topological polar surface area (TPSA) is 52.9 Å². The van der Waals surface area contributed by atoms with Gasteiger partial charge in [-0.05, 0) is 36.6 Å². The van der Waals surface area contributed by atoms with Gasteiger partial charge in [-0.15, -0.1) is 0 Å². The molecule has 104 valence electrons. The molecule has 2 aromatic rings. The second-order valence-electron chi connectivity index (χ2n) is 5.20. The van der Waals surface area contributed by atoms with Crippen molar-refractivity contribution in [2.75, 3.05) is 5.32 Å². The number of amides is 1. The van der Waals surface area contributed by atoms with Crippen LogP contribution in [0.5, 0.6) is 0 Å². The predicted octanol–water partition coefficient (Wildman–Crippen LogP) is 3.88. The summed E-state index contributed by atoms with van der Waals surface area (Å²) >= 11 is 5.94. The molecule has 1 fully saturated rings. The van der Waals surface area contributed by atoms with E-state index in [0.29, 0.717) is 16.3 Å². The molecule has 1 saturated carbocycles. The fourth-order valence-corrected chi connectivity index (χ4v) is 2.66. The van der Waals surface area contributed by atoms with Crippen LogP contribution in [-0.2, 0) is 10.2 Å². The molecule has 0 aromatic heterocycles. The molecular weight excluding hydrogens is 284 g/mol.